The maximum absolute atomic E-state index is 3.70. The minimum absolute atomic E-state index is 0.377. The Bertz CT molecular complexity index is 208. The lowest BCUT2D eigenvalue weighted by atomic mass is 10.2. The molecule has 0 aliphatic rings. The van der Waals surface area contributed by atoms with Crippen LogP contribution in [0.15, 0.2) is 0 Å². The summed E-state index contributed by atoms with van der Waals surface area (Å²) in [6.45, 7) is 23.6. The van der Waals surface area contributed by atoms with Gasteiger partial charge in [-0.15, -0.1) is 0 Å². The summed E-state index contributed by atoms with van der Waals surface area (Å²) in [5, 5.41) is 8.15. The van der Waals surface area contributed by atoms with Crippen molar-refractivity contribution in [2.45, 2.75) is 77.8 Å². The van der Waals surface area contributed by atoms with Crippen molar-refractivity contribution in [1.82, 2.24) is 10.2 Å². The highest BCUT2D eigenvalue weighted by atomic mass is 28.3. The van der Waals surface area contributed by atoms with Crippen LogP contribution in [0, 0.1) is 0 Å². The lowest BCUT2D eigenvalue weighted by Crippen LogP contribution is -2.67. The third-order valence-corrected chi connectivity index (χ3v) is 13.7. The summed E-state index contributed by atoms with van der Waals surface area (Å²) >= 11 is 0. The second kappa shape index (κ2) is 4.55. The third kappa shape index (κ3) is 3.98. The first-order chi connectivity index (χ1) is 6.71. The van der Waals surface area contributed by atoms with E-state index >= 15 is 0 Å². The van der Waals surface area contributed by atoms with Crippen molar-refractivity contribution in [3.63, 3.8) is 0 Å². The molecular weight excluding hydrogens is 228 g/mol. The summed E-state index contributed by atoms with van der Waals surface area (Å²) in [7, 11) is -2.84. The van der Waals surface area contributed by atoms with Gasteiger partial charge < -0.3 is 0 Å². The normalized spacial score (nSPS) is 15.4. The predicted molar refractivity (Wildman–Crippen MR) is 80.7 cm³/mol. The van der Waals surface area contributed by atoms with Crippen LogP contribution in [0.4, 0.5) is 0 Å². The molecule has 0 saturated heterocycles. The number of rotatable bonds is 3. The molecule has 0 spiro atoms. The molecule has 0 aliphatic carbocycles. The third-order valence-electron chi connectivity index (χ3n) is 4.44. The quantitative estimate of drug-likeness (QED) is 0.590. The fraction of sp³-hybridized carbons (Fsp3) is 1.00. The standard InChI is InChI=1S/C12H32N2Si2/c1-11(2,3)15(7,8)13-14-16(9,10)12(4,5)6/h13-14H,1-10H3. The zero-order valence-electron chi connectivity index (χ0n) is 13.0. The topological polar surface area (TPSA) is 24.1 Å². The van der Waals surface area contributed by atoms with Crippen LogP contribution in [-0.4, -0.2) is 16.5 Å². The average molecular weight is 261 g/mol. The van der Waals surface area contributed by atoms with Gasteiger partial charge in [0.05, 0.1) is 0 Å². The largest absolute Gasteiger partial charge is 0.285 e. The highest BCUT2D eigenvalue weighted by Gasteiger charge is 2.40. The van der Waals surface area contributed by atoms with Crippen molar-refractivity contribution >= 4 is 16.5 Å². The molecule has 0 aromatic carbocycles. The van der Waals surface area contributed by atoms with Crippen molar-refractivity contribution in [2.75, 3.05) is 0 Å². The molecule has 0 aliphatic heterocycles. The molecule has 0 amide bonds. The SMILES string of the molecule is CC(C)(C)[Si](C)(C)NN[Si](C)(C)C(C)(C)C. The maximum atomic E-state index is 3.70. The van der Waals surface area contributed by atoms with Crippen LogP contribution in [0.5, 0.6) is 0 Å². The van der Waals surface area contributed by atoms with E-state index in [9.17, 15) is 0 Å². The summed E-state index contributed by atoms with van der Waals surface area (Å²) in [5.41, 5.74) is 0. The molecular formula is C12H32N2Si2. The minimum Gasteiger partial charge on any atom is -0.285 e. The molecule has 0 radical (unpaired) electrons. The molecule has 2 N–H and O–H groups in total. The lowest BCUT2D eigenvalue weighted by molar-refractivity contribution is 0.641. The van der Waals surface area contributed by atoms with Gasteiger partial charge in [0.1, 0.15) is 16.5 Å². The molecule has 0 unspecified atom stereocenters. The van der Waals surface area contributed by atoms with Gasteiger partial charge in [-0.05, 0) is 10.1 Å². The Labute approximate surface area is 105 Å². The maximum Gasteiger partial charge on any atom is 0.140 e. The molecule has 0 rings (SSSR count). The van der Waals surface area contributed by atoms with E-state index < -0.39 is 16.5 Å². The van der Waals surface area contributed by atoms with E-state index in [0.29, 0.717) is 10.1 Å². The van der Waals surface area contributed by atoms with Gasteiger partial charge in [-0.1, -0.05) is 67.7 Å². The summed E-state index contributed by atoms with van der Waals surface area (Å²) in [6, 6.07) is 0. The molecule has 16 heavy (non-hydrogen) atoms. The Kier molecular flexibility index (Phi) is 4.66. The van der Waals surface area contributed by atoms with Crippen LogP contribution in [0.2, 0.25) is 36.3 Å². The van der Waals surface area contributed by atoms with Crippen LogP contribution in [0.1, 0.15) is 41.5 Å². The highest BCUT2D eigenvalue weighted by Crippen LogP contribution is 2.36. The Hall–Kier alpha value is 0.354. The smallest absolute Gasteiger partial charge is 0.140 e. The highest BCUT2D eigenvalue weighted by molar-refractivity contribution is 6.81. The number of hydrazine groups is 1. The second-order valence-electron chi connectivity index (χ2n) is 8.00. The summed E-state index contributed by atoms with van der Waals surface area (Å²) in [5.74, 6) is 0. The van der Waals surface area contributed by atoms with Crippen molar-refractivity contribution in [1.29, 1.82) is 0 Å². The fourth-order valence-corrected chi connectivity index (χ4v) is 3.94. The average Bonchev–Trinajstić information content (AvgIpc) is 1.97. The van der Waals surface area contributed by atoms with Crippen LogP contribution < -0.4 is 10.2 Å². The van der Waals surface area contributed by atoms with Gasteiger partial charge >= 0.3 is 0 Å². The Morgan fingerprint density at radius 3 is 0.875 bits per heavy atom. The van der Waals surface area contributed by atoms with Crippen LogP contribution >= 0.6 is 0 Å². The molecule has 0 aromatic rings. The fourth-order valence-electron chi connectivity index (χ4n) is 0.688. The first kappa shape index (κ1) is 16.4. The Morgan fingerprint density at radius 1 is 0.562 bits per heavy atom. The van der Waals surface area contributed by atoms with Crippen molar-refractivity contribution in [3.05, 3.63) is 0 Å². The molecule has 0 heterocycles. The van der Waals surface area contributed by atoms with E-state index in [1.54, 1.807) is 0 Å². The van der Waals surface area contributed by atoms with Crippen molar-refractivity contribution in [2.24, 2.45) is 0 Å². The number of nitrogens with one attached hydrogen (secondary N) is 2. The molecule has 0 saturated carbocycles. The first-order valence-corrected chi connectivity index (χ1v) is 12.2. The molecule has 0 atom stereocenters. The molecule has 0 aromatic heterocycles. The van der Waals surface area contributed by atoms with E-state index in [0.717, 1.165) is 0 Å². The van der Waals surface area contributed by atoms with Crippen molar-refractivity contribution in [3.8, 4) is 0 Å². The van der Waals surface area contributed by atoms with Crippen molar-refractivity contribution < 1.29 is 0 Å². The van der Waals surface area contributed by atoms with Gasteiger partial charge in [-0.2, -0.15) is 0 Å². The van der Waals surface area contributed by atoms with Gasteiger partial charge in [-0.3, -0.25) is 10.2 Å². The first-order valence-electron chi connectivity index (χ1n) is 6.25. The van der Waals surface area contributed by atoms with Crippen LogP contribution in [0.25, 0.3) is 0 Å². The van der Waals surface area contributed by atoms with E-state index in [1.165, 1.54) is 0 Å². The van der Waals surface area contributed by atoms with Gasteiger partial charge in [0.15, 0.2) is 0 Å². The molecule has 4 heteroatoms. The zero-order valence-corrected chi connectivity index (χ0v) is 15.0. The molecule has 98 valence electrons. The summed E-state index contributed by atoms with van der Waals surface area (Å²) in [6.07, 6.45) is 0. The van der Waals surface area contributed by atoms with E-state index in [-0.39, 0.29) is 0 Å². The van der Waals surface area contributed by atoms with E-state index in [2.05, 4.69) is 77.9 Å². The number of hydrogen-bond acceptors (Lipinski definition) is 2. The van der Waals surface area contributed by atoms with Crippen LogP contribution in [-0.2, 0) is 0 Å². The molecule has 0 bridgehead atoms. The number of hydrogen-bond donors (Lipinski definition) is 2. The minimum atomic E-state index is -1.42. The second-order valence-corrected chi connectivity index (χ2v) is 18.0. The van der Waals surface area contributed by atoms with Gasteiger partial charge in [0.2, 0.25) is 0 Å². The van der Waals surface area contributed by atoms with Gasteiger partial charge in [-0.25, -0.2) is 0 Å². The Balaban J connectivity index is 4.59. The monoisotopic (exact) mass is 260 g/mol. The Morgan fingerprint density at radius 2 is 0.750 bits per heavy atom. The van der Waals surface area contributed by atoms with Gasteiger partial charge in [0.25, 0.3) is 0 Å². The van der Waals surface area contributed by atoms with Gasteiger partial charge in [0, 0.05) is 0 Å². The summed E-state index contributed by atoms with van der Waals surface area (Å²) in [4.78, 5) is 0. The summed E-state index contributed by atoms with van der Waals surface area (Å²) < 4.78 is 0. The van der Waals surface area contributed by atoms with E-state index in [4.69, 9.17) is 0 Å². The van der Waals surface area contributed by atoms with Crippen LogP contribution in [0.3, 0.4) is 0 Å². The van der Waals surface area contributed by atoms with E-state index in [1.807, 2.05) is 0 Å². The molecule has 2 nitrogen and oxygen atoms in total. The zero-order chi connectivity index (χ0) is 13.4. The lowest BCUT2D eigenvalue weighted by Gasteiger charge is -2.44. The predicted octanol–water partition coefficient (Wildman–Crippen LogP) is 4.09. The molecule has 0 fully saturated rings.